The Bertz CT molecular complexity index is 211. The molecule has 1 heterocycles. The third-order valence-corrected chi connectivity index (χ3v) is 3.27. The first-order valence-corrected chi connectivity index (χ1v) is 5.65. The molecule has 0 radical (unpaired) electrons. The second kappa shape index (κ2) is 5.58. The fourth-order valence-corrected chi connectivity index (χ4v) is 2.13. The van der Waals surface area contributed by atoms with E-state index >= 15 is 0 Å². The molecular weight excluding hydrogens is 200 g/mol. The van der Waals surface area contributed by atoms with Gasteiger partial charge in [-0.15, -0.1) is 0 Å². The Labute approximate surface area is 89.4 Å². The quantitative estimate of drug-likeness (QED) is 0.775. The predicted octanol–water partition coefficient (Wildman–Crippen LogP) is 1.42. The molecule has 0 aromatic carbocycles. The van der Waals surface area contributed by atoms with Gasteiger partial charge in [0.1, 0.15) is 0 Å². The van der Waals surface area contributed by atoms with Gasteiger partial charge in [0.2, 0.25) is 0 Å². The Balaban J connectivity index is 2.48. The standard InChI is InChI=1S/C9H18N2O2S/c1-5-6(2)10-9-11-7(12-3)8(13-4)14-9/h6-8H,5H2,1-4H3,(H,10,11). The van der Waals surface area contributed by atoms with Crippen LogP contribution in [0.25, 0.3) is 0 Å². The smallest absolute Gasteiger partial charge is 0.186 e. The molecule has 0 aromatic rings. The van der Waals surface area contributed by atoms with Crippen LogP contribution in [0.3, 0.4) is 0 Å². The number of nitrogens with one attached hydrogen (secondary N) is 1. The van der Waals surface area contributed by atoms with Gasteiger partial charge in [0, 0.05) is 20.3 Å². The molecule has 0 fully saturated rings. The number of thioether (sulfide) groups is 1. The van der Waals surface area contributed by atoms with Gasteiger partial charge < -0.3 is 14.8 Å². The van der Waals surface area contributed by atoms with Gasteiger partial charge in [0.15, 0.2) is 16.8 Å². The second-order valence-corrected chi connectivity index (χ2v) is 4.32. The zero-order valence-corrected chi connectivity index (χ0v) is 9.93. The largest absolute Gasteiger partial charge is 0.366 e. The zero-order valence-electron chi connectivity index (χ0n) is 9.11. The molecule has 3 unspecified atom stereocenters. The first kappa shape index (κ1) is 11.8. The summed E-state index contributed by atoms with van der Waals surface area (Å²) in [5.74, 6) is 0. The number of aliphatic imine (C=N–C) groups is 1. The molecule has 3 atom stereocenters. The normalized spacial score (nSPS) is 28.7. The van der Waals surface area contributed by atoms with E-state index in [2.05, 4.69) is 24.2 Å². The highest BCUT2D eigenvalue weighted by molar-refractivity contribution is 8.14. The van der Waals surface area contributed by atoms with E-state index in [9.17, 15) is 0 Å². The van der Waals surface area contributed by atoms with Gasteiger partial charge in [0.05, 0.1) is 0 Å². The molecule has 0 saturated carbocycles. The van der Waals surface area contributed by atoms with Crippen molar-refractivity contribution in [2.24, 2.45) is 4.99 Å². The number of methoxy groups -OCH3 is 2. The van der Waals surface area contributed by atoms with Crippen molar-refractivity contribution in [3.63, 3.8) is 0 Å². The molecule has 0 bridgehead atoms. The van der Waals surface area contributed by atoms with Crippen molar-refractivity contribution >= 4 is 16.9 Å². The first-order valence-electron chi connectivity index (χ1n) is 4.77. The van der Waals surface area contributed by atoms with E-state index in [1.165, 1.54) is 0 Å². The van der Waals surface area contributed by atoms with E-state index in [1.54, 1.807) is 26.0 Å². The van der Waals surface area contributed by atoms with Crippen molar-refractivity contribution < 1.29 is 9.47 Å². The number of nitrogens with zero attached hydrogens (tertiary/aromatic N) is 1. The number of hydrogen-bond donors (Lipinski definition) is 1. The van der Waals surface area contributed by atoms with Crippen molar-refractivity contribution in [2.45, 2.75) is 38.0 Å². The number of rotatable bonds is 4. The van der Waals surface area contributed by atoms with Crippen LogP contribution in [0.1, 0.15) is 20.3 Å². The molecule has 1 rings (SSSR count). The van der Waals surface area contributed by atoms with Crippen LogP contribution in [0.2, 0.25) is 0 Å². The number of amidine groups is 1. The molecule has 1 aliphatic heterocycles. The molecule has 1 N–H and O–H groups in total. The summed E-state index contributed by atoms with van der Waals surface area (Å²) in [6.45, 7) is 4.27. The minimum Gasteiger partial charge on any atom is -0.366 e. The van der Waals surface area contributed by atoms with E-state index < -0.39 is 0 Å². The van der Waals surface area contributed by atoms with Crippen molar-refractivity contribution in [2.75, 3.05) is 14.2 Å². The van der Waals surface area contributed by atoms with E-state index in [4.69, 9.17) is 9.47 Å². The molecule has 0 aromatic heterocycles. The van der Waals surface area contributed by atoms with Crippen molar-refractivity contribution in [3.05, 3.63) is 0 Å². The lowest BCUT2D eigenvalue weighted by Crippen LogP contribution is -2.29. The van der Waals surface area contributed by atoms with Crippen LogP contribution in [0.5, 0.6) is 0 Å². The highest BCUT2D eigenvalue weighted by Gasteiger charge is 2.30. The summed E-state index contributed by atoms with van der Waals surface area (Å²) < 4.78 is 10.4. The van der Waals surface area contributed by atoms with E-state index in [-0.39, 0.29) is 11.7 Å². The highest BCUT2D eigenvalue weighted by atomic mass is 32.2. The SMILES string of the molecule is CCC(C)NC1=NC(OC)C(OC)S1. The Hall–Kier alpha value is -0.260. The first-order chi connectivity index (χ1) is 6.71. The third kappa shape index (κ3) is 2.87. The van der Waals surface area contributed by atoms with Crippen molar-refractivity contribution in [1.29, 1.82) is 0 Å². The van der Waals surface area contributed by atoms with Crippen molar-refractivity contribution in [3.8, 4) is 0 Å². The minimum absolute atomic E-state index is 0.0217. The Morgan fingerprint density at radius 1 is 1.50 bits per heavy atom. The Morgan fingerprint density at radius 3 is 2.64 bits per heavy atom. The van der Waals surface area contributed by atoms with E-state index in [0.29, 0.717) is 6.04 Å². The molecule has 14 heavy (non-hydrogen) atoms. The lowest BCUT2D eigenvalue weighted by atomic mass is 10.3. The van der Waals surface area contributed by atoms with Crippen LogP contribution in [0.15, 0.2) is 4.99 Å². The van der Waals surface area contributed by atoms with Gasteiger partial charge in [0.25, 0.3) is 0 Å². The minimum atomic E-state index is -0.184. The Morgan fingerprint density at radius 2 is 2.21 bits per heavy atom. The van der Waals surface area contributed by atoms with Crippen LogP contribution < -0.4 is 5.32 Å². The number of ether oxygens (including phenoxy) is 2. The van der Waals surface area contributed by atoms with Crippen LogP contribution in [0, 0.1) is 0 Å². The molecule has 5 heteroatoms. The lowest BCUT2D eigenvalue weighted by Gasteiger charge is -2.13. The Kier molecular flexibility index (Phi) is 4.71. The second-order valence-electron chi connectivity index (χ2n) is 3.24. The fraction of sp³-hybridized carbons (Fsp3) is 0.889. The van der Waals surface area contributed by atoms with E-state index in [1.807, 2.05) is 0 Å². The molecule has 0 amide bonds. The van der Waals surface area contributed by atoms with Crippen LogP contribution in [-0.4, -0.2) is 37.1 Å². The molecular formula is C9H18N2O2S. The van der Waals surface area contributed by atoms with Crippen LogP contribution in [0.4, 0.5) is 0 Å². The molecule has 1 aliphatic rings. The van der Waals surface area contributed by atoms with Crippen LogP contribution in [-0.2, 0) is 9.47 Å². The predicted molar refractivity (Wildman–Crippen MR) is 59.5 cm³/mol. The summed E-state index contributed by atoms with van der Waals surface area (Å²) >= 11 is 1.58. The highest BCUT2D eigenvalue weighted by Crippen LogP contribution is 2.26. The molecule has 0 saturated heterocycles. The molecule has 4 nitrogen and oxygen atoms in total. The fourth-order valence-electron chi connectivity index (χ4n) is 1.09. The monoisotopic (exact) mass is 218 g/mol. The maximum atomic E-state index is 5.24. The summed E-state index contributed by atoms with van der Waals surface area (Å²) in [6.07, 6.45) is 0.895. The van der Waals surface area contributed by atoms with Gasteiger partial charge in [-0.25, -0.2) is 4.99 Å². The zero-order chi connectivity index (χ0) is 10.6. The average Bonchev–Trinajstić information content (AvgIpc) is 2.59. The topological polar surface area (TPSA) is 42.9 Å². The summed E-state index contributed by atoms with van der Waals surface area (Å²) in [4.78, 5) is 4.37. The van der Waals surface area contributed by atoms with Gasteiger partial charge in [-0.3, -0.25) is 0 Å². The molecule has 82 valence electrons. The number of hydrogen-bond acceptors (Lipinski definition) is 5. The van der Waals surface area contributed by atoms with E-state index in [0.717, 1.165) is 11.6 Å². The summed E-state index contributed by atoms with van der Waals surface area (Å²) in [6, 6.07) is 0.439. The maximum absolute atomic E-state index is 5.24. The third-order valence-electron chi connectivity index (χ3n) is 2.16. The van der Waals surface area contributed by atoms with Gasteiger partial charge in [-0.2, -0.15) is 0 Å². The summed E-state index contributed by atoms with van der Waals surface area (Å²) in [5, 5.41) is 4.22. The summed E-state index contributed by atoms with van der Waals surface area (Å²) in [7, 11) is 3.32. The molecule has 0 aliphatic carbocycles. The van der Waals surface area contributed by atoms with Crippen molar-refractivity contribution in [1.82, 2.24) is 5.32 Å². The molecule has 0 spiro atoms. The van der Waals surface area contributed by atoms with Gasteiger partial charge >= 0.3 is 0 Å². The van der Waals surface area contributed by atoms with Crippen LogP contribution >= 0.6 is 11.8 Å². The van der Waals surface area contributed by atoms with Gasteiger partial charge in [-0.1, -0.05) is 18.7 Å². The van der Waals surface area contributed by atoms with Gasteiger partial charge in [-0.05, 0) is 13.3 Å². The maximum Gasteiger partial charge on any atom is 0.186 e. The average molecular weight is 218 g/mol. The summed E-state index contributed by atoms with van der Waals surface area (Å²) in [5.41, 5.74) is -0.0217. The lowest BCUT2D eigenvalue weighted by molar-refractivity contribution is 0.0185.